The number of likely N-dealkylation sites (tertiary alicyclic amines) is 1. The zero-order chi connectivity index (χ0) is 27.9. The predicted molar refractivity (Wildman–Crippen MR) is 168 cm³/mol. The van der Waals surface area contributed by atoms with Crippen molar-refractivity contribution in [2.24, 2.45) is 5.92 Å². The highest BCUT2D eigenvalue weighted by molar-refractivity contribution is 6.33. The molecule has 2 aliphatic rings. The van der Waals surface area contributed by atoms with E-state index in [1.807, 2.05) is 38.1 Å². The normalized spacial score (nSPS) is 15.2. The molecule has 3 nitrogen and oxygen atoms in total. The summed E-state index contributed by atoms with van der Waals surface area (Å²) in [7, 11) is 0. The van der Waals surface area contributed by atoms with E-state index >= 15 is 0 Å². The monoisotopic (exact) mass is 583 g/mol. The van der Waals surface area contributed by atoms with Crippen molar-refractivity contribution in [1.29, 1.82) is 0 Å². The number of rotatable bonds is 8. The van der Waals surface area contributed by atoms with Crippen molar-refractivity contribution in [2.45, 2.75) is 52.9 Å². The molecule has 0 spiro atoms. The summed E-state index contributed by atoms with van der Waals surface area (Å²) >= 11 is 6.77. The van der Waals surface area contributed by atoms with Crippen molar-refractivity contribution in [3.8, 4) is 0 Å². The van der Waals surface area contributed by atoms with Crippen LogP contribution in [0, 0.1) is 12.8 Å². The molecule has 1 heterocycles. The lowest BCUT2D eigenvalue weighted by Gasteiger charge is -2.39. The molecule has 1 aliphatic heterocycles. The number of carboxylic acids is 1. The van der Waals surface area contributed by atoms with Crippen LogP contribution in [0.3, 0.4) is 0 Å². The minimum atomic E-state index is -0.900. The SMILES string of the molecule is CC.Cc1cccc(Cl)c1C1=C(c2ccc(CC3CN(CCCF)C3)cc2)c2ccc(C(=O)O)cc2CCC1.Cl. The average molecular weight is 585 g/mol. The molecule has 0 bridgehead atoms. The van der Waals surface area contributed by atoms with Gasteiger partial charge in [-0.3, -0.25) is 4.39 Å². The molecule has 0 unspecified atom stereocenters. The maximum absolute atomic E-state index is 12.4. The van der Waals surface area contributed by atoms with Crippen molar-refractivity contribution in [3.63, 3.8) is 0 Å². The van der Waals surface area contributed by atoms with E-state index in [0.29, 0.717) is 17.9 Å². The summed E-state index contributed by atoms with van der Waals surface area (Å²) in [6.45, 7) is 8.80. The van der Waals surface area contributed by atoms with E-state index in [-0.39, 0.29) is 19.1 Å². The summed E-state index contributed by atoms with van der Waals surface area (Å²) in [4.78, 5) is 14.0. The van der Waals surface area contributed by atoms with Gasteiger partial charge in [0.05, 0.1) is 12.2 Å². The molecule has 0 aromatic heterocycles. The minimum Gasteiger partial charge on any atom is -0.478 e. The van der Waals surface area contributed by atoms with Crippen LogP contribution >= 0.6 is 24.0 Å². The van der Waals surface area contributed by atoms with Crippen LogP contribution in [-0.2, 0) is 12.8 Å². The van der Waals surface area contributed by atoms with Gasteiger partial charge in [0.15, 0.2) is 0 Å². The van der Waals surface area contributed by atoms with Gasteiger partial charge < -0.3 is 10.0 Å². The number of halogens is 3. The highest BCUT2D eigenvalue weighted by Crippen LogP contribution is 2.43. The number of nitrogens with zero attached hydrogens (tertiary/aromatic N) is 1. The van der Waals surface area contributed by atoms with Crippen LogP contribution in [0.1, 0.15) is 76.8 Å². The van der Waals surface area contributed by atoms with Crippen molar-refractivity contribution in [2.75, 3.05) is 26.3 Å². The number of allylic oxidation sites excluding steroid dienone is 1. The highest BCUT2D eigenvalue weighted by Gasteiger charge is 2.27. The Morgan fingerprint density at radius 2 is 1.77 bits per heavy atom. The van der Waals surface area contributed by atoms with Crippen LogP contribution in [0.25, 0.3) is 11.1 Å². The number of aryl methyl sites for hydroxylation is 2. The van der Waals surface area contributed by atoms with Crippen LogP contribution < -0.4 is 0 Å². The summed E-state index contributed by atoms with van der Waals surface area (Å²) < 4.78 is 12.4. The van der Waals surface area contributed by atoms with E-state index in [2.05, 4.69) is 42.2 Å². The zero-order valence-corrected chi connectivity index (χ0v) is 25.3. The Labute approximate surface area is 249 Å². The first-order chi connectivity index (χ1) is 18.9. The minimum absolute atomic E-state index is 0. The number of alkyl halides is 1. The first-order valence-electron chi connectivity index (χ1n) is 14.2. The number of hydrogen-bond donors (Lipinski definition) is 1. The number of fused-ring (bicyclic) bond motifs is 1. The fraction of sp³-hybridized carbons (Fsp3) is 0.382. The van der Waals surface area contributed by atoms with Gasteiger partial charge in [0.1, 0.15) is 0 Å². The van der Waals surface area contributed by atoms with Gasteiger partial charge in [-0.1, -0.05) is 67.9 Å². The van der Waals surface area contributed by atoms with E-state index in [1.165, 1.54) is 11.1 Å². The Balaban J connectivity index is 0.00000144. The van der Waals surface area contributed by atoms with E-state index in [4.69, 9.17) is 11.6 Å². The van der Waals surface area contributed by atoms with E-state index in [1.54, 1.807) is 6.07 Å². The lowest BCUT2D eigenvalue weighted by atomic mass is 9.85. The Morgan fingerprint density at radius 1 is 1.05 bits per heavy atom. The molecule has 0 saturated carbocycles. The second-order valence-corrected chi connectivity index (χ2v) is 10.8. The van der Waals surface area contributed by atoms with Gasteiger partial charge in [-0.25, -0.2) is 4.79 Å². The van der Waals surface area contributed by atoms with Gasteiger partial charge in [-0.2, -0.15) is 0 Å². The molecule has 3 aromatic carbocycles. The fourth-order valence-corrected chi connectivity index (χ4v) is 6.26. The van der Waals surface area contributed by atoms with Gasteiger partial charge in [-0.15, -0.1) is 12.4 Å². The molecular weight excluding hydrogens is 544 g/mol. The molecule has 40 heavy (non-hydrogen) atoms. The largest absolute Gasteiger partial charge is 0.478 e. The van der Waals surface area contributed by atoms with Crippen LogP contribution in [0.4, 0.5) is 4.39 Å². The standard InChI is InChI=1S/C32H33ClFNO2.C2H6.ClH/c1-21-5-2-8-29(33)30(21)28-7-3-6-25-18-26(32(36)37)13-14-27(25)31(28)24-11-9-22(10-12-24)17-23-19-35(20-23)16-4-15-34;1-2;/h2,5,8-14,18,23H,3-4,6-7,15-17,19-20H2,1H3,(H,36,37);1-2H3;1H. The smallest absolute Gasteiger partial charge is 0.335 e. The van der Waals surface area contributed by atoms with Gasteiger partial charge in [0, 0.05) is 24.7 Å². The summed E-state index contributed by atoms with van der Waals surface area (Å²) in [6.07, 6.45) is 4.28. The summed E-state index contributed by atoms with van der Waals surface area (Å²) in [6, 6.07) is 20.4. The predicted octanol–water partition coefficient (Wildman–Crippen LogP) is 8.92. The molecule has 1 aliphatic carbocycles. The average Bonchev–Trinajstić information content (AvgIpc) is 3.10. The van der Waals surface area contributed by atoms with Crippen LogP contribution in [0.2, 0.25) is 5.02 Å². The number of hydrogen-bond acceptors (Lipinski definition) is 2. The number of aromatic carboxylic acids is 1. The summed E-state index contributed by atoms with van der Waals surface area (Å²) in [5.74, 6) is -0.276. The van der Waals surface area contributed by atoms with Crippen LogP contribution in [0.5, 0.6) is 0 Å². The fourth-order valence-electron chi connectivity index (χ4n) is 5.93. The molecule has 1 N–H and O–H groups in total. The van der Waals surface area contributed by atoms with Gasteiger partial charge in [-0.05, 0) is 108 Å². The molecule has 0 radical (unpaired) electrons. The van der Waals surface area contributed by atoms with Crippen molar-refractivity contribution < 1.29 is 14.3 Å². The Kier molecular flexibility index (Phi) is 11.8. The summed E-state index contributed by atoms with van der Waals surface area (Å²) in [5.41, 5.74) is 9.52. The zero-order valence-electron chi connectivity index (χ0n) is 23.7. The third-order valence-corrected chi connectivity index (χ3v) is 8.04. The Hall–Kier alpha value is -2.66. The molecule has 3 aromatic rings. The second kappa shape index (κ2) is 14.8. The van der Waals surface area contributed by atoms with Gasteiger partial charge in [0.2, 0.25) is 0 Å². The molecule has 0 amide bonds. The third kappa shape index (κ3) is 7.15. The third-order valence-electron chi connectivity index (χ3n) is 7.73. The number of carbonyl (C=O) groups is 1. The highest BCUT2D eigenvalue weighted by atomic mass is 35.5. The molecule has 214 valence electrons. The topological polar surface area (TPSA) is 40.5 Å². The van der Waals surface area contributed by atoms with Crippen molar-refractivity contribution in [3.05, 3.63) is 105 Å². The van der Waals surface area contributed by atoms with Gasteiger partial charge in [0.25, 0.3) is 0 Å². The first-order valence-corrected chi connectivity index (χ1v) is 14.5. The van der Waals surface area contributed by atoms with E-state index in [0.717, 1.165) is 83.7 Å². The quantitative estimate of drug-likeness (QED) is 0.287. The van der Waals surface area contributed by atoms with Crippen molar-refractivity contribution >= 4 is 41.1 Å². The van der Waals surface area contributed by atoms with Gasteiger partial charge >= 0.3 is 5.97 Å². The molecule has 1 fully saturated rings. The number of carboxylic acid groups (broad SMARTS) is 1. The Morgan fingerprint density at radius 3 is 2.42 bits per heavy atom. The molecule has 0 atom stereocenters. The first kappa shape index (κ1) is 31.9. The van der Waals surface area contributed by atoms with Crippen LogP contribution in [-0.4, -0.2) is 42.3 Å². The molecular formula is C34H40Cl2FNO2. The van der Waals surface area contributed by atoms with Crippen molar-refractivity contribution in [1.82, 2.24) is 4.90 Å². The van der Waals surface area contributed by atoms with E-state index in [9.17, 15) is 14.3 Å². The second-order valence-electron chi connectivity index (χ2n) is 10.4. The van der Waals surface area contributed by atoms with Crippen LogP contribution in [0.15, 0.2) is 60.7 Å². The lowest BCUT2D eigenvalue weighted by Crippen LogP contribution is -2.47. The molecule has 5 rings (SSSR count). The molecule has 6 heteroatoms. The maximum Gasteiger partial charge on any atom is 0.335 e. The van der Waals surface area contributed by atoms with E-state index < -0.39 is 5.97 Å². The Bertz CT molecular complexity index is 1310. The maximum atomic E-state index is 12.4. The molecule has 1 saturated heterocycles. The lowest BCUT2D eigenvalue weighted by molar-refractivity contribution is 0.0696. The number of benzene rings is 3. The summed E-state index contributed by atoms with van der Waals surface area (Å²) in [5, 5.41) is 10.3.